The maximum atomic E-state index is 12.4. The van der Waals surface area contributed by atoms with Crippen molar-refractivity contribution in [2.75, 3.05) is 0 Å². The van der Waals surface area contributed by atoms with E-state index in [1.54, 1.807) is 27.5 Å². The minimum Gasteiger partial charge on any atom is -0.389 e. The van der Waals surface area contributed by atoms with E-state index in [0.717, 1.165) is 16.8 Å². The molecule has 106 valence electrons. The first-order valence-corrected chi connectivity index (χ1v) is 6.89. The summed E-state index contributed by atoms with van der Waals surface area (Å²) >= 11 is 4.92. The van der Waals surface area contributed by atoms with E-state index in [0.29, 0.717) is 17.0 Å². The molecule has 0 unspecified atom stereocenters. The van der Waals surface area contributed by atoms with Crippen LogP contribution in [0.25, 0.3) is 5.52 Å². The molecule has 0 spiro atoms. The Kier molecular flexibility index (Phi) is 3.31. The van der Waals surface area contributed by atoms with Gasteiger partial charge < -0.3 is 10.3 Å². The normalized spacial score (nSPS) is 10.9. The van der Waals surface area contributed by atoms with Gasteiger partial charge >= 0.3 is 0 Å². The second-order valence-electron chi connectivity index (χ2n) is 4.91. The third-order valence-electron chi connectivity index (χ3n) is 3.32. The van der Waals surface area contributed by atoms with Crippen molar-refractivity contribution >= 4 is 22.7 Å². The minimum absolute atomic E-state index is 0.0588. The Balaban J connectivity index is 1.96. The zero-order valence-electron chi connectivity index (χ0n) is 11.5. The van der Waals surface area contributed by atoms with Crippen molar-refractivity contribution < 1.29 is 0 Å². The summed E-state index contributed by atoms with van der Waals surface area (Å²) in [4.78, 5) is 12.8. The van der Waals surface area contributed by atoms with Gasteiger partial charge in [0.05, 0.1) is 12.2 Å². The number of rotatable bonds is 3. The van der Waals surface area contributed by atoms with Gasteiger partial charge in [0.1, 0.15) is 10.5 Å². The lowest BCUT2D eigenvalue weighted by Crippen LogP contribution is -2.21. The smallest absolute Gasteiger partial charge is 0.276 e. The zero-order chi connectivity index (χ0) is 15.0. The van der Waals surface area contributed by atoms with Gasteiger partial charge in [-0.1, -0.05) is 36.5 Å². The average molecular weight is 298 g/mol. The first-order chi connectivity index (χ1) is 10.0. The van der Waals surface area contributed by atoms with E-state index in [2.05, 4.69) is 5.10 Å². The van der Waals surface area contributed by atoms with Gasteiger partial charge in [-0.15, -0.1) is 0 Å². The average Bonchev–Trinajstić information content (AvgIpc) is 2.84. The van der Waals surface area contributed by atoms with Crippen LogP contribution in [0.5, 0.6) is 0 Å². The first kappa shape index (κ1) is 13.5. The summed E-state index contributed by atoms with van der Waals surface area (Å²) in [6, 6.07) is 9.36. The second kappa shape index (κ2) is 5.14. The molecule has 6 heteroatoms. The molecule has 2 N–H and O–H groups in total. The largest absolute Gasteiger partial charge is 0.389 e. The summed E-state index contributed by atoms with van der Waals surface area (Å²) in [6.07, 6.45) is 3.52. The summed E-state index contributed by atoms with van der Waals surface area (Å²) in [5.74, 6) is 0. The number of nitrogens with zero attached hydrogens (tertiary/aromatic N) is 3. The fourth-order valence-corrected chi connectivity index (χ4v) is 2.38. The van der Waals surface area contributed by atoms with E-state index in [-0.39, 0.29) is 5.56 Å². The Labute approximate surface area is 126 Å². The number of aryl methyl sites for hydroxylation is 1. The van der Waals surface area contributed by atoms with Crippen LogP contribution < -0.4 is 11.3 Å². The molecule has 2 heterocycles. The van der Waals surface area contributed by atoms with Crippen LogP contribution >= 0.6 is 12.2 Å². The van der Waals surface area contributed by atoms with Crippen LogP contribution in [0.2, 0.25) is 0 Å². The maximum Gasteiger partial charge on any atom is 0.276 e. The third kappa shape index (κ3) is 2.57. The lowest BCUT2D eigenvalue weighted by atomic mass is 10.1. The first-order valence-electron chi connectivity index (χ1n) is 6.49. The Hall–Kier alpha value is -2.47. The predicted molar refractivity (Wildman–Crippen MR) is 85.6 cm³/mol. The summed E-state index contributed by atoms with van der Waals surface area (Å²) in [5.41, 5.74) is 8.75. The summed E-state index contributed by atoms with van der Waals surface area (Å²) in [6.45, 7) is 2.36. The molecule has 0 amide bonds. The van der Waals surface area contributed by atoms with Gasteiger partial charge in [0, 0.05) is 18.0 Å². The number of thiocarbonyl (C=S) groups is 1. The van der Waals surface area contributed by atoms with E-state index in [1.807, 2.05) is 31.2 Å². The van der Waals surface area contributed by atoms with E-state index in [1.165, 1.54) is 0 Å². The van der Waals surface area contributed by atoms with Crippen molar-refractivity contribution in [2.24, 2.45) is 5.73 Å². The lowest BCUT2D eigenvalue weighted by Gasteiger charge is -2.07. The van der Waals surface area contributed by atoms with Crippen LogP contribution in [-0.2, 0) is 6.54 Å². The standard InChI is InChI=1S/C15H14N4OS/c1-10-8-13-15(20)18(6-7-19(13)17-10)9-11-2-4-12(5-3-11)14(16)21/h2-8H,9H2,1H3,(H2,16,21). The Morgan fingerprint density at radius 3 is 2.67 bits per heavy atom. The van der Waals surface area contributed by atoms with Crippen LogP contribution in [0.1, 0.15) is 16.8 Å². The third-order valence-corrected chi connectivity index (χ3v) is 3.55. The number of benzene rings is 1. The van der Waals surface area contributed by atoms with Gasteiger partial charge in [0.2, 0.25) is 0 Å². The van der Waals surface area contributed by atoms with E-state index in [9.17, 15) is 4.79 Å². The van der Waals surface area contributed by atoms with Crippen LogP contribution in [-0.4, -0.2) is 19.2 Å². The predicted octanol–water partition coefficient (Wildman–Crippen LogP) is 1.49. The molecular formula is C15H14N4OS. The van der Waals surface area contributed by atoms with Crippen molar-refractivity contribution in [2.45, 2.75) is 13.5 Å². The van der Waals surface area contributed by atoms with E-state index >= 15 is 0 Å². The van der Waals surface area contributed by atoms with Crippen LogP contribution in [0, 0.1) is 6.92 Å². The molecule has 0 radical (unpaired) electrons. The molecule has 5 nitrogen and oxygen atoms in total. The number of fused-ring (bicyclic) bond motifs is 1. The highest BCUT2D eigenvalue weighted by molar-refractivity contribution is 7.80. The molecule has 0 aliphatic carbocycles. The molecule has 0 aliphatic rings. The summed E-state index contributed by atoms with van der Waals surface area (Å²) in [5, 5.41) is 4.23. The highest BCUT2D eigenvalue weighted by Crippen LogP contribution is 2.07. The lowest BCUT2D eigenvalue weighted by molar-refractivity contribution is 0.742. The van der Waals surface area contributed by atoms with Gasteiger partial charge in [-0.05, 0) is 18.6 Å². The van der Waals surface area contributed by atoms with Crippen LogP contribution in [0.4, 0.5) is 0 Å². The molecule has 0 fully saturated rings. The van der Waals surface area contributed by atoms with Crippen molar-refractivity contribution in [1.29, 1.82) is 0 Å². The molecule has 0 atom stereocenters. The molecular weight excluding hydrogens is 284 g/mol. The van der Waals surface area contributed by atoms with Gasteiger partial charge in [-0.2, -0.15) is 5.10 Å². The molecule has 0 bridgehead atoms. The molecule has 3 aromatic rings. The fourth-order valence-electron chi connectivity index (χ4n) is 2.24. The molecule has 0 aliphatic heterocycles. The molecule has 2 aromatic heterocycles. The van der Waals surface area contributed by atoms with Crippen molar-refractivity contribution in [3.8, 4) is 0 Å². The zero-order valence-corrected chi connectivity index (χ0v) is 12.3. The Bertz CT molecular complexity index is 877. The SMILES string of the molecule is Cc1cc2c(=O)n(Cc3ccc(C(N)=S)cc3)ccn2n1. The number of hydrogen-bond donors (Lipinski definition) is 1. The van der Waals surface area contributed by atoms with Crippen molar-refractivity contribution in [3.63, 3.8) is 0 Å². The second-order valence-corrected chi connectivity index (χ2v) is 5.35. The van der Waals surface area contributed by atoms with Crippen LogP contribution in [0.3, 0.4) is 0 Å². The highest BCUT2D eigenvalue weighted by Gasteiger charge is 2.06. The Morgan fingerprint density at radius 1 is 1.29 bits per heavy atom. The minimum atomic E-state index is -0.0588. The van der Waals surface area contributed by atoms with Gasteiger partial charge in [-0.3, -0.25) is 4.79 Å². The van der Waals surface area contributed by atoms with Crippen LogP contribution in [0.15, 0.2) is 47.5 Å². The van der Waals surface area contributed by atoms with Gasteiger partial charge in [0.15, 0.2) is 0 Å². The molecule has 21 heavy (non-hydrogen) atoms. The molecule has 0 saturated heterocycles. The number of hydrogen-bond acceptors (Lipinski definition) is 3. The highest BCUT2D eigenvalue weighted by atomic mass is 32.1. The molecule has 1 aromatic carbocycles. The Morgan fingerprint density at radius 2 is 2.00 bits per heavy atom. The van der Waals surface area contributed by atoms with Crippen molar-refractivity contribution in [3.05, 3.63) is 69.9 Å². The summed E-state index contributed by atoms with van der Waals surface area (Å²) in [7, 11) is 0. The van der Waals surface area contributed by atoms with Gasteiger partial charge in [0.25, 0.3) is 5.56 Å². The molecule has 3 rings (SSSR count). The van der Waals surface area contributed by atoms with E-state index in [4.69, 9.17) is 18.0 Å². The molecule has 0 saturated carbocycles. The topological polar surface area (TPSA) is 65.3 Å². The number of aromatic nitrogens is 3. The monoisotopic (exact) mass is 298 g/mol. The quantitative estimate of drug-likeness (QED) is 0.744. The van der Waals surface area contributed by atoms with Crippen molar-refractivity contribution in [1.82, 2.24) is 14.2 Å². The fraction of sp³-hybridized carbons (Fsp3) is 0.133. The maximum absolute atomic E-state index is 12.4. The number of nitrogens with two attached hydrogens (primary N) is 1. The van der Waals surface area contributed by atoms with E-state index < -0.39 is 0 Å². The summed E-state index contributed by atoms with van der Waals surface area (Å²) < 4.78 is 3.26. The van der Waals surface area contributed by atoms with Gasteiger partial charge in [-0.25, -0.2) is 4.52 Å².